The molecule has 9 nitrogen and oxygen atoms in total. The fourth-order valence-corrected chi connectivity index (χ4v) is 1.85. The van der Waals surface area contributed by atoms with Gasteiger partial charge in [0, 0.05) is 13.8 Å². The highest BCUT2D eigenvalue weighted by molar-refractivity contribution is 6.15. The fraction of sp³-hybridized carbons (Fsp3) is 0.583. The largest absolute Gasteiger partial charge is 0.575 e. The van der Waals surface area contributed by atoms with Gasteiger partial charge in [-0.3, -0.25) is 0 Å². The van der Waals surface area contributed by atoms with E-state index in [0.29, 0.717) is 0 Å². The lowest BCUT2D eigenvalue weighted by molar-refractivity contribution is -0.396. The second kappa shape index (κ2) is 4.10. The topological polar surface area (TPSA) is 131 Å². The third kappa shape index (κ3) is 2.29. The summed E-state index contributed by atoms with van der Waals surface area (Å²) in [6, 6.07) is 0. The standard InChI is InChI=1S/C12H14O9/c1-10(2)18-6(13)5(7(14)19-10)12(17)8(15)20-11(3,4)21-9(12)16/h13,17H,1-4H3/p-1. The van der Waals surface area contributed by atoms with Crippen molar-refractivity contribution in [3.8, 4) is 0 Å². The Morgan fingerprint density at radius 3 is 1.71 bits per heavy atom. The van der Waals surface area contributed by atoms with E-state index in [9.17, 15) is 24.6 Å². The first-order valence-corrected chi connectivity index (χ1v) is 5.92. The molecule has 0 amide bonds. The number of aliphatic hydroxyl groups is 1. The van der Waals surface area contributed by atoms with E-state index < -0.39 is 46.6 Å². The van der Waals surface area contributed by atoms with Gasteiger partial charge in [-0.2, -0.15) is 0 Å². The van der Waals surface area contributed by atoms with Gasteiger partial charge >= 0.3 is 17.9 Å². The number of carbonyl (C=O) groups excluding carboxylic acids is 3. The summed E-state index contributed by atoms with van der Waals surface area (Å²) in [7, 11) is 0. The number of ether oxygens (including phenoxy) is 4. The van der Waals surface area contributed by atoms with Crippen LogP contribution in [0.15, 0.2) is 11.5 Å². The molecule has 0 atom stereocenters. The zero-order valence-corrected chi connectivity index (χ0v) is 11.7. The molecule has 2 rings (SSSR count). The van der Waals surface area contributed by atoms with Gasteiger partial charge in [0.1, 0.15) is 5.57 Å². The summed E-state index contributed by atoms with van der Waals surface area (Å²) in [5.41, 5.74) is -4.42. The first kappa shape index (κ1) is 15.1. The number of carbonyl (C=O) groups is 3. The molecule has 116 valence electrons. The third-order valence-electron chi connectivity index (χ3n) is 2.71. The summed E-state index contributed by atoms with van der Waals surface area (Å²) in [4.78, 5) is 35.6. The Morgan fingerprint density at radius 1 is 0.857 bits per heavy atom. The Labute approximate surface area is 119 Å². The van der Waals surface area contributed by atoms with E-state index in [1.165, 1.54) is 27.7 Å². The quantitative estimate of drug-likeness (QED) is 0.451. The molecule has 0 aromatic carbocycles. The van der Waals surface area contributed by atoms with Crippen LogP contribution in [0.2, 0.25) is 0 Å². The average Bonchev–Trinajstić information content (AvgIpc) is 2.22. The molecule has 0 aromatic heterocycles. The highest BCUT2D eigenvalue weighted by Crippen LogP contribution is 2.36. The van der Waals surface area contributed by atoms with E-state index in [0.717, 1.165) is 0 Å². The fourth-order valence-electron chi connectivity index (χ4n) is 1.85. The van der Waals surface area contributed by atoms with Crippen LogP contribution in [0.4, 0.5) is 0 Å². The Bertz CT molecular complexity index is 549. The highest BCUT2D eigenvalue weighted by Gasteiger charge is 2.61. The van der Waals surface area contributed by atoms with Crippen LogP contribution in [-0.2, 0) is 33.3 Å². The van der Waals surface area contributed by atoms with Crippen molar-refractivity contribution < 1.29 is 43.5 Å². The van der Waals surface area contributed by atoms with Crippen molar-refractivity contribution in [1.29, 1.82) is 0 Å². The van der Waals surface area contributed by atoms with E-state index in [4.69, 9.17) is 18.9 Å². The Balaban J connectivity index is 2.52. The van der Waals surface area contributed by atoms with Gasteiger partial charge in [-0.1, -0.05) is 0 Å². The first-order chi connectivity index (χ1) is 9.39. The number of hydrogen-bond donors (Lipinski definition) is 1. The third-order valence-corrected chi connectivity index (χ3v) is 2.71. The van der Waals surface area contributed by atoms with Crippen LogP contribution in [0.25, 0.3) is 0 Å². The Hall–Kier alpha value is -2.29. The van der Waals surface area contributed by atoms with Crippen molar-refractivity contribution in [3.05, 3.63) is 11.5 Å². The molecule has 0 bridgehead atoms. The number of cyclic esters (lactones) is 3. The molecule has 0 spiro atoms. The maximum Gasteiger partial charge on any atom is 0.358 e. The minimum atomic E-state index is -3.22. The lowest BCUT2D eigenvalue weighted by Gasteiger charge is -2.44. The molecule has 0 aliphatic carbocycles. The predicted molar refractivity (Wildman–Crippen MR) is 59.5 cm³/mol. The lowest BCUT2D eigenvalue weighted by Crippen LogP contribution is -2.62. The van der Waals surface area contributed by atoms with Crippen LogP contribution < -0.4 is 5.11 Å². The molecule has 2 aliphatic rings. The molecule has 0 saturated carbocycles. The summed E-state index contributed by atoms with van der Waals surface area (Å²) >= 11 is 0. The van der Waals surface area contributed by atoms with Crippen LogP contribution in [0.1, 0.15) is 27.7 Å². The highest BCUT2D eigenvalue weighted by atomic mass is 16.8. The molecule has 0 unspecified atom stereocenters. The van der Waals surface area contributed by atoms with Gasteiger partial charge in [-0.15, -0.1) is 0 Å². The molecule has 1 fully saturated rings. The van der Waals surface area contributed by atoms with Crippen molar-refractivity contribution in [2.45, 2.75) is 44.9 Å². The van der Waals surface area contributed by atoms with Gasteiger partial charge in [-0.25, -0.2) is 14.4 Å². The van der Waals surface area contributed by atoms with Crippen molar-refractivity contribution in [1.82, 2.24) is 0 Å². The molecule has 1 saturated heterocycles. The molecule has 9 heteroatoms. The summed E-state index contributed by atoms with van der Waals surface area (Å²) in [6.45, 7) is 5.02. The summed E-state index contributed by atoms with van der Waals surface area (Å²) in [5.74, 6) is -9.00. The van der Waals surface area contributed by atoms with Crippen LogP contribution >= 0.6 is 0 Å². The molecule has 1 N–H and O–H groups in total. The van der Waals surface area contributed by atoms with Gasteiger partial charge in [-0.05, 0) is 13.8 Å². The SMILES string of the molecule is CC1(C)OC(=O)C(O)(C2=C([O-])OC(C)(C)OC2=O)C(=O)O1. The van der Waals surface area contributed by atoms with Gasteiger partial charge in [0.05, 0.1) is 5.95 Å². The van der Waals surface area contributed by atoms with Gasteiger partial charge < -0.3 is 29.2 Å². The maximum atomic E-state index is 11.9. The van der Waals surface area contributed by atoms with Gasteiger partial charge in [0.2, 0.25) is 0 Å². The second-order valence-corrected chi connectivity index (χ2v) is 5.44. The zero-order chi connectivity index (χ0) is 16.2. The first-order valence-electron chi connectivity index (χ1n) is 5.92. The minimum Gasteiger partial charge on any atom is -0.575 e. The van der Waals surface area contributed by atoms with Gasteiger partial charge in [0.25, 0.3) is 11.4 Å². The Kier molecular flexibility index (Phi) is 2.95. The molecule has 2 heterocycles. The monoisotopic (exact) mass is 301 g/mol. The molecule has 2 aliphatic heterocycles. The normalized spacial score (nSPS) is 26.4. The predicted octanol–water partition coefficient (Wildman–Crippen LogP) is -1.56. The molecule has 21 heavy (non-hydrogen) atoms. The van der Waals surface area contributed by atoms with Crippen LogP contribution in [0.3, 0.4) is 0 Å². The van der Waals surface area contributed by atoms with Gasteiger partial charge in [0.15, 0.2) is 5.79 Å². The minimum absolute atomic E-state index is 1.20. The van der Waals surface area contributed by atoms with E-state index >= 15 is 0 Å². The van der Waals surface area contributed by atoms with E-state index in [1.807, 2.05) is 0 Å². The lowest BCUT2D eigenvalue weighted by atomic mass is 9.92. The van der Waals surface area contributed by atoms with Crippen molar-refractivity contribution >= 4 is 17.9 Å². The number of hydrogen-bond acceptors (Lipinski definition) is 9. The van der Waals surface area contributed by atoms with Crippen LogP contribution in [-0.4, -0.2) is 40.2 Å². The molecular formula is C12H13O9-. The van der Waals surface area contributed by atoms with Crippen molar-refractivity contribution in [3.63, 3.8) is 0 Å². The molecule has 0 radical (unpaired) electrons. The van der Waals surface area contributed by atoms with E-state index in [1.54, 1.807) is 0 Å². The van der Waals surface area contributed by atoms with Crippen molar-refractivity contribution in [2.24, 2.45) is 0 Å². The second-order valence-electron chi connectivity index (χ2n) is 5.44. The summed E-state index contributed by atoms with van der Waals surface area (Å²) in [6.07, 6.45) is 0. The number of esters is 3. The summed E-state index contributed by atoms with van der Waals surface area (Å²) in [5, 5.41) is 22.0. The van der Waals surface area contributed by atoms with E-state index in [-0.39, 0.29) is 0 Å². The van der Waals surface area contributed by atoms with E-state index in [2.05, 4.69) is 0 Å². The smallest absolute Gasteiger partial charge is 0.358 e. The zero-order valence-electron chi connectivity index (χ0n) is 11.7. The summed E-state index contributed by atoms with van der Waals surface area (Å²) < 4.78 is 18.8. The number of rotatable bonds is 1. The van der Waals surface area contributed by atoms with Crippen molar-refractivity contribution in [2.75, 3.05) is 0 Å². The average molecular weight is 301 g/mol. The molecule has 0 aromatic rings. The molecular weight excluding hydrogens is 288 g/mol. The Morgan fingerprint density at radius 2 is 1.29 bits per heavy atom. The van der Waals surface area contributed by atoms with Crippen LogP contribution in [0, 0.1) is 0 Å². The van der Waals surface area contributed by atoms with Crippen LogP contribution in [0.5, 0.6) is 0 Å². The maximum absolute atomic E-state index is 11.9.